The van der Waals surface area contributed by atoms with Gasteiger partial charge in [-0.05, 0) is 6.92 Å². The summed E-state index contributed by atoms with van der Waals surface area (Å²) in [6.07, 6.45) is -1.97. The topological polar surface area (TPSA) is 144 Å². The number of aliphatic hydroxyl groups is 3. The lowest BCUT2D eigenvalue weighted by Crippen LogP contribution is -2.43. The van der Waals surface area contributed by atoms with E-state index in [9.17, 15) is 15.0 Å². The summed E-state index contributed by atoms with van der Waals surface area (Å²) >= 11 is 0. The quantitative estimate of drug-likeness (QED) is 0.436. The van der Waals surface area contributed by atoms with Crippen LogP contribution in [0.3, 0.4) is 0 Å². The van der Waals surface area contributed by atoms with Gasteiger partial charge in [0.1, 0.15) is 29.7 Å². The number of H-pyrrole nitrogens is 2. The third kappa shape index (κ3) is 1.75. The molecule has 4 atom stereocenters. The van der Waals surface area contributed by atoms with Gasteiger partial charge in [0.2, 0.25) is 0 Å². The normalized spacial score (nSPS) is 33.9. The minimum Gasteiger partial charge on any atom is -0.394 e. The fraction of sp³-hybridized carbons (Fsp3) is 0.545. The average Bonchev–Trinajstić information content (AvgIpc) is 2.92. The van der Waals surface area contributed by atoms with Crippen LogP contribution in [0.25, 0.3) is 11.2 Å². The molecule has 2 aromatic heterocycles. The van der Waals surface area contributed by atoms with Crippen molar-refractivity contribution in [3.05, 3.63) is 22.5 Å². The van der Waals surface area contributed by atoms with E-state index in [-0.39, 0.29) is 17.0 Å². The minimum absolute atomic E-state index is 0.156. The molecule has 1 aliphatic rings. The van der Waals surface area contributed by atoms with Crippen molar-refractivity contribution in [1.82, 2.24) is 19.9 Å². The van der Waals surface area contributed by atoms with Crippen molar-refractivity contribution in [3.8, 4) is 0 Å². The lowest BCUT2D eigenvalue weighted by Gasteiger charge is -2.25. The molecule has 3 rings (SSSR count). The van der Waals surface area contributed by atoms with Crippen LogP contribution in [-0.2, 0) is 4.74 Å². The predicted molar refractivity (Wildman–Crippen MR) is 65.8 cm³/mol. The van der Waals surface area contributed by atoms with Crippen molar-refractivity contribution in [2.24, 2.45) is 0 Å². The van der Waals surface area contributed by atoms with E-state index in [1.807, 2.05) is 0 Å². The van der Waals surface area contributed by atoms with Crippen LogP contribution in [0, 0.1) is 0 Å². The molecule has 5 N–H and O–H groups in total. The van der Waals surface area contributed by atoms with Gasteiger partial charge >= 0.3 is 0 Å². The van der Waals surface area contributed by atoms with Gasteiger partial charge in [0.25, 0.3) is 5.56 Å². The average molecular weight is 282 g/mol. The van der Waals surface area contributed by atoms with E-state index in [2.05, 4.69) is 19.9 Å². The fourth-order valence-electron chi connectivity index (χ4n) is 2.38. The van der Waals surface area contributed by atoms with E-state index in [1.54, 1.807) is 0 Å². The number of aliphatic hydroxyl groups excluding tert-OH is 2. The van der Waals surface area contributed by atoms with Crippen LogP contribution in [-0.4, -0.2) is 59.7 Å². The summed E-state index contributed by atoms with van der Waals surface area (Å²) in [5.74, 6) is 0.171. The van der Waals surface area contributed by atoms with Crippen LogP contribution in [0.4, 0.5) is 0 Å². The zero-order valence-electron chi connectivity index (χ0n) is 10.6. The summed E-state index contributed by atoms with van der Waals surface area (Å²) in [6.45, 7) is 0.940. The molecule has 9 heteroatoms. The predicted octanol–water partition coefficient (Wildman–Crippen LogP) is -1.81. The highest BCUT2D eigenvalue weighted by atomic mass is 16.6. The van der Waals surface area contributed by atoms with Gasteiger partial charge < -0.3 is 30.0 Å². The van der Waals surface area contributed by atoms with Crippen molar-refractivity contribution in [1.29, 1.82) is 0 Å². The van der Waals surface area contributed by atoms with Gasteiger partial charge in [-0.25, -0.2) is 9.97 Å². The molecule has 0 radical (unpaired) electrons. The number of nitrogens with zero attached hydrogens (tertiary/aromatic N) is 2. The Hall–Kier alpha value is -1.81. The van der Waals surface area contributed by atoms with Gasteiger partial charge in [0, 0.05) is 0 Å². The number of hydrogen-bond donors (Lipinski definition) is 5. The van der Waals surface area contributed by atoms with E-state index >= 15 is 0 Å². The molecule has 20 heavy (non-hydrogen) atoms. The highest BCUT2D eigenvalue weighted by Gasteiger charge is 2.53. The first-order chi connectivity index (χ1) is 9.45. The molecule has 1 unspecified atom stereocenters. The van der Waals surface area contributed by atoms with Gasteiger partial charge in [0.15, 0.2) is 11.2 Å². The van der Waals surface area contributed by atoms with Crippen LogP contribution < -0.4 is 5.56 Å². The van der Waals surface area contributed by atoms with Gasteiger partial charge in [0.05, 0.1) is 12.9 Å². The van der Waals surface area contributed by atoms with Crippen molar-refractivity contribution in [3.63, 3.8) is 0 Å². The highest BCUT2D eigenvalue weighted by molar-refractivity contribution is 5.68. The summed E-state index contributed by atoms with van der Waals surface area (Å²) in [5.41, 5.74) is -1.70. The van der Waals surface area contributed by atoms with E-state index in [1.165, 1.54) is 13.3 Å². The van der Waals surface area contributed by atoms with Crippen molar-refractivity contribution in [2.75, 3.05) is 6.61 Å². The number of fused-ring (bicyclic) bond motifs is 1. The van der Waals surface area contributed by atoms with Crippen LogP contribution in [0.1, 0.15) is 18.9 Å². The van der Waals surface area contributed by atoms with Gasteiger partial charge in [-0.15, -0.1) is 0 Å². The summed E-state index contributed by atoms with van der Waals surface area (Å²) in [5, 5.41) is 29.4. The first-order valence-electron chi connectivity index (χ1n) is 6.05. The minimum atomic E-state index is -1.64. The monoisotopic (exact) mass is 282 g/mol. The first kappa shape index (κ1) is 13.2. The number of ether oxygens (including phenoxy) is 1. The van der Waals surface area contributed by atoms with Crippen LogP contribution >= 0.6 is 0 Å². The number of rotatable bonds is 2. The Morgan fingerprint density at radius 1 is 1.55 bits per heavy atom. The molecule has 9 nitrogen and oxygen atoms in total. The maximum absolute atomic E-state index is 11.6. The van der Waals surface area contributed by atoms with Crippen molar-refractivity contribution in [2.45, 2.75) is 30.8 Å². The van der Waals surface area contributed by atoms with E-state index < -0.39 is 36.1 Å². The third-order valence-corrected chi connectivity index (χ3v) is 3.53. The van der Waals surface area contributed by atoms with Crippen molar-refractivity contribution < 1.29 is 20.1 Å². The summed E-state index contributed by atoms with van der Waals surface area (Å²) in [6, 6.07) is 0. The molecule has 108 valence electrons. The number of aromatic amines is 2. The van der Waals surface area contributed by atoms with Crippen LogP contribution in [0.2, 0.25) is 0 Å². The molecule has 0 amide bonds. The van der Waals surface area contributed by atoms with Gasteiger partial charge in [-0.1, -0.05) is 0 Å². The molecule has 3 heterocycles. The standard InChI is InChI=1S/C11H14N4O5/c1-11(19)6(17)4(2-16)20-7(11)9-14-5-8(15-9)12-3-13-10(5)18/h3-4,6-7,16-17,19H,2H2,1H3,(H2,12,13,14,15,18)/t4-,6-,7?,11-/m1/s1. The maximum Gasteiger partial charge on any atom is 0.276 e. The SMILES string of the molecule is C[C@]1(O)C(c2nc3nc[nH]c(=O)c3[nH]2)O[C@H](CO)[C@H]1O. The second kappa shape index (κ2) is 4.35. The number of aromatic nitrogens is 4. The molecule has 2 aromatic rings. The molecule has 0 bridgehead atoms. The number of imidazole rings is 1. The Balaban J connectivity index is 2.07. The Bertz CT molecular complexity index is 693. The second-order valence-corrected chi connectivity index (χ2v) is 4.96. The fourth-order valence-corrected chi connectivity index (χ4v) is 2.38. The van der Waals surface area contributed by atoms with E-state index in [0.717, 1.165) is 0 Å². The molecule has 1 fully saturated rings. The molecular weight excluding hydrogens is 268 g/mol. The van der Waals surface area contributed by atoms with Crippen LogP contribution in [0.15, 0.2) is 11.1 Å². The van der Waals surface area contributed by atoms with Gasteiger partial charge in [-0.3, -0.25) is 4.79 Å². The maximum atomic E-state index is 11.6. The molecule has 0 aliphatic carbocycles. The Morgan fingerprint density at radius 3 is 2.90 bits per heavy atom. The first-order valence-corrected chi connectivity index (χ1v) is 6.05. The molecule has 1 aliphatic heterocycles. The number of hydrogen-bond acceptors (Lipinski definition) is 7. The largest absolute Gasteiger partial charge is 0.394 e. The Labute approximate surface area is 112 Å². The highest BCUT2D eigenvalue weighted by Crippen LogP contribution is 2.40. The van der Waals surface area contributed by atoms with Gasteiger partial charge in [-0.2, -0.15) is 0 Å². The lowest BCUT2D eigenvalue weighted by atomic mass is 9.92. The van der Waals surface area contributed by atoms with Crippen molar-refractivity contribution >= 4 is 11.2 Å². The summed E-state index contributed by atoms with van der Waals surface area (Å²) in [7, 11) is 0. The summed E-state index contributed by atoms with van der Waals surface area (Å²) < 4.78 is 5.41. The molecule has 0 aromatic carbocycles. The molecule has 1 saturated heterocycles. The van der Waals surface area contributed by atoms with E-state index in [4.69, 9.17) is 9.84 Å². The Morgan fingerprint density at radius 2 is 2.30 bits per heavy atom. The number of nitrogens with one attached hydrogen (secondary N) is 2. The third-order valence-electron chi connectivity index (χ3n) is 3.53. The Kier molecular flexibility index (Phi) is 2.87. The second-order valence-electron chi connectivity index (χ2n) is 4.96. The van der Waals surface area contributed by atoms with Crippen LogP contribution in [0.5, 0.6) is 0 Å². The molecule has 0 spiro atoms. The smallest absolute Gasteiger partial charge is 0.276 e. The molecule has 0 saturated carbocycles. The van der Waals surface area contributed by atoms with E-state index in [0.29, 0.717) is 0 Å². The zero-order chi connectivity index (χ0) is 14.5. The lowest BCUT2D eigenvalue weighted by molar-refractivity contribution is -0.0671. The molecular formula is C11H14N4O5. The summed E-state index contributed by atoms with van der Waals surface area (Å²) in [4.78, 5) is 24.7. The zero-order valence-corrected chi connectivity index (χ0v) is 10.6.